The predicted octanol–water partition coefficient (Wildman–Crippen LogP) is 5.46. The first-order valence-corrected chi connectivity index (χ1v) is 9.16. The molecule has 2 heteroatoms. The molecule has 3 rings (SSSR count). The molecule has 20 heavy (non-hydrogen) atoms. The maximum atomic E-state index is 2.61. The van der Waals surface area contributed by atoms with Crippen LogP contribution in [-0.2, 0) is 6.16 Å². The largest absolute Gasteiger partial charge is 0.107 e. The lowest BCUT2D eigenvalue weighted by Gasteiger charge is -2.20. The van der Waals surface area contributed by atoms with Crippen LogP contribution in [0.15, 0.2) is 72.1 Å². The Labute approximate surface area is 139 Å². The number of allylic oxidation sites excluding steroid dienone is 1. The van der Waals surface area contributed by atoms with Gasteiger partial charge in [-0.2, -0.15) is 0 Å². The van der Waals surface area contributed by atoms with Gasteiger partial charge in [0.05, 0.1) is 30.7 Å². The van der Waals surface area contributed by atoms with Gasteiger partial charge < -0.3 is 0 Å². The number of rotatable bonds is 3. The molecule has 1 aliphatic rings. The van der Waals surface area contributed by atoms with Crippen LogP contribution in [0.5, 0.6) is 0 Å². The first-order valence-electron chi connectivity index (χ1n) is 6.93. The van der Waals surface area contributed by atoms with E-state index in [9.17, 15) is 0 Å². The lowest BCUT2D eigenvalue weighted by molar-refractivity contribution is 1.13. The Morgan fingerprint density at radius 3 is 2.05 bits per heavy atom. The van der Waals surface area contributed by atoms with Crippen LogP contribution in [0, 0.1) is 0 Å². The number of halogens is 1. The van der Waals surface area contributed by atoms with Crippen LogP contribution in [0.3, 0.4) is 0 Å². The summed E-state index contributed by atoms with van der Waals surface area (Å²) in [6.45, 7) is 2.29. The maximum Gasteiger partial charge on any atom is 0.0989 e. The molecule has 0 spiro atoms. The molecule has 1 heterocycles. The molecule has 0 saturated carbocycles. The van der Waals surface area contributed by atoms with Gasteiger partial charge >= 0.3 is 0 Å². The van der Waals surface area contributed by atoms with Crippen molar-refractivity contribution < 1.29 is 0 Å². The Bertz CT molecular complexity index is 577. The summed E-state index contributed by atoms with van der Waals surface area (Å²) in [6, 6.07) is 22.1. The first-order chi connectivity index (χ1) is 9.28. The van der Waals surface area contributed by atoms with Crippen LogP contribution in [-0.4, -0.2) is 6.16 Å². The smallest absolute Gasteiger partial charge is 0.0989 e. The van der Waals surface area contributed by atoms with Crippen molar-refractivity contribution in [1.29, 1.82) is 0 Å². The van der Waals surface area contributed by atoms with E-state index in [1.165, 1.54) is 24.3 Å². The molecular weight excluding hydrogens is 374 g/mol. The van der Waals surface area contributed by atoms with Crippen molar-refractivity contribution in [3.63, 3.8) is 0 Å². The minimum atomic E-state index is -1.14. The third kappa shape index (κ3) is 3.32. The highest BCUT2D eigenvalue weighted by Gasteiger charge is 2.41. The fourth-order valence-electron chi connectivity index (χ4n) is 2.98. The highest BCUT2D eigenvalue weighted by atomic mass is 127. The first kappa shape index (κ1) is 15.7. The van der Waals surface area contributed by atoms with Crippen LogP contribution in [0.4, 0.5) is 0 Å². The highest BCUT2D eigenvalue weighted by molar-refractivity contribution is 14.0. The van der Waals surface area contributed by atoms with Crippen molar-refractivity contribution in [2.75, 3.05) is 6.16 Å². The molecule has 104 valence electrons. The molecule has 0 aromatic heterocycles. The minimum Gasteiger partial charge on any atom is -0.107 e. The van der Waals surface area contributed by atoms with Crippen LogP contribution < -0.4 is 5.30 Å². The van der Waals surface area contributed by atoms with Gasteiger partial charge in [0, 0.05) is 6.42 Å². The summed E-state index contributed by atoms with van der Waals surface area (Å²) >= 11 is 0. The van der Waals surface area contributed by atoms with Gasteiger partial charge in [0.2, 0.25) is 0 Å². The third-order valence-electron chi connectivity index (χ3n) is 3.95. The zero-order valence-electron chi connectivity index (χ0n) is 11.8. The number of hydrogen-bond acceptors (Lipinski definition) is 0. The van der Waals surface area contributed by atoms with E-state index in [2.05, 4.69) is 73.4 Å². The van der Waals surface area contributed by atoms with Crippen molar-refractivity contribution in [3.8, 4) is 0 Å². The molecule has 0 radical (unpaired) electrons. The molecule has 0 aliphatic carbocycles. The molecule has 1 atom stereocenters. The zero-order chi connectivity index (χ0) is 13.1. The van der Waals surface area contributed by atoms with Crippen molar-refractivity contribution in [2.24, 2.45) is 0 Å². The molecule has 2 aromatic rings. The third-order valence-corrected chi connectivity index (χ3v) is 8.16. The summed E-state index contributed by atoms with van der Waals surface area (Å²) in [6.07, 6.45) is 3.84. The number of hydrogen-bond donors (Lipinski definition) is 0. The summed E-state index contributed by atoms with van der Waals surface area (Å²) in [7, 11) is -1.14. The fraction of sp³-hybridized carbons (Fsp3) is 0.222. The summed E-state index contributed by atoms with van der Waals surface area (Å²) < 4.78 is 0. The van der Waals surface area contributed by atoms with Crippen molar-refractivity contribution in [2.45, 2.75) is 19.5 Å². The topological polar surface area (TPSA) is 0 Å². The van der Waals surface area contributed by atoms with Crippen molar-refractivity contribution in [3.05, 3.63) is 77.6 Å². The lowest BCUT2D eigenvalue weighted by Crippen LogP contribution is -2.12. The Morgan fingerprint density at radius 2 is 1.50 bits per heavy atom. The summed E-state index contributed by atoms with van der Waals surface area (Å²) in [5.74, 6) is 2.61. The molecule has 0 amide bonds. The van der Waals surface area contributed by atoms with Gasteiger partial charge in [-0.1, -0.05) is 48.5 Å². The molecule has 0 saturated heterocycles. The van der Waals surface area contributed by atoms with Gasteiger partial charge in [0.1, 0.15) is 0 Å². The summed E-state index contributed by atoms with van der Waals surface area (Å²) in [5.41, 5.74) is 3.05. The zero-order valence-corrected chi connectivity index (χ0v) is 15.1. The van der Waals surface area contributed by atoms with Gasteiger partial charge in [-0.15, -0.1) is 24.0 Å². The minimum absolute atomic E-state index is 0. The molecule has 0 nitrogen and oxygen atoms in total. The molecule has 2 aromatic carbocycles. The normalized spacial score (nSPS) is 21.1. The van der Waals surface area contributed by atoms with E-state index in [1.54, 1.807) is 10.9 Å². The maximum absolute atomic E-state index is 2.61. The van der Waals surface area contributed by atoms with E-state index in [4.69, 9.17) is 0 Å². The van der Waals surface area contributed by atoms with Crippen LogP contribution in [0.1, 0.15) is 18.9 Å². The average Bonchev–Trinajstić information content (AvgIpc) is 2.83. The van der Waals surface area contributed by atoms with Gasteiger partial charge in [-0.05, 0) is 30.2 Å². The molecule has 0 fully saturated rings. The Morgan fingerprint density at radius 1 is 0.900 bits per heavy atom. The van der Waals surface area contributed by atoms with E-state index in [1.807, 2.05) is 0 Å². The van der Waals surface area contributed by atoms with Crippen LogP contribution >= 0.6 is 31.2 Å². The van der Waals surface area contributed by atoms with E-state index in [0.717, 1.165) is 0 Å². The van der Waals surface area contributed by atoms with E-state index in [-0.39, 0.29) is 24.0 Å². The van der Waals surface area contributed by atoms with Gasteiger partial charge in [0.25, 0.3) is 0 Å². The van der Waals surface area contributed by atoms with Crippen molar-refractivity contribution >= 4 is 36.5 Å². The average molecular weight is 395 g/mol. The van der Waals surface area contributed by atoms with E-state index < -0.39 is 7.26 Å². The second-order valence-corrected chi connectivity index (χ2v) is 9.07. The lowest BCUT2D eigenvalue weighted by atomic mass is 10.2. The van der Waals surface area contributed by atoms with Gasteiger partial charge in [0.15, 0.2) is 0 Å². The molecule has 0 N–H and O–H groups in total. The second-order valence-electron chi connectivity index (χ2n) is 5.46. The summed E-state index contributed by atoms with van der Waals surface area (Å²) in [5, 5.41) is 1.57. The predicted molar refractivity (Wildman–Crippen MR) is 102 cm³/mol. The molecule has 1 unspecified atom stereocenters. The van der Waals surface area contributed by atoms with Crippen molar-refractivity contribution in [1.82, 2.24) is 0 Å². The van der Waals surface area contributed by atoms with E-state index in [0.29, 0.717) is 0 Å². The van der Waals surface area contributed by atoms with Crippen LogP contribution in [0.25, 0.3) is 0 Å². The standard InChI is InChI=1S/C18H20P.HI/c1-16-12-13-19(14-16,18-10-6-3-7-11-18)15-17-8-4-2-5-9-17;/h2-11,14H,12-13,15H2,1H3;1H/q+1;. The second kappa shape index (κ2) is 6.87. The monoisotopic (exact) mass is 395 g/mol. The Hall–Kier alpha value is -0.660. The Balaban J connectivity index is 0.00000147. The van der Waals surface area contributed by atoms with Gasteiger partial charge in [-0.3, -0.25) is 0 Å². The molecule has 1 aliphatic heterocycles. The van der Waals surface area contributed by atoms with E-state index >= 15 is 0 Å². The summed E-state index contributed by atoms with van der Waals surface area (Å²) in [4.78, 5) is 0. The Kier molecular flexibility index (Phi) is 5.40. The number of benzene rings is 2. The molecular formula is C18H21IP+. The van der Waals surface area contributed by atoms with Crippen LogP contribution in [0.2, 0.25) is 0 Å². The fourth-order valence-corrected chi connectivity index (χ4v) is 7.30. The van der Waals surface area contributed by atoms with Gasteiger partial charge in [-0.25, -0.2) is 0 Å². The molecule has 0 bridgehead atoms. The SMILES string of the molecule is CC1=C[P+](Cc2ccccc2)(c2ccccc2)CC1.I. The highest BCUT2D eigenvalue weighted by Crippen LogP contribution is 2.66. The quantitative estimate of drug-likeness (QED) is 0.479.